The molecule has 1 aliphatic heterocycles. The molecule has 1 fully saturated rings. The van der Waals surface area contributed by atoms with Crippen molar-refractivity contribution < 1.29 is 27.5 Å². The average molecular weight is 348 g/mol. The van der Waals surface area contributed by atoms with Gasteiger partial charge in [0.15, 0.2) is 6.10 Å². The van der Waals surface area contributed by atoms with Crippen LogP contribution in [0, 0.1) is 11.7 Å². The number of hydrogen-bond donors (Lipinski definition) is 2. The lowest BCUT2D eigenvalue weighted by Crippen LogP contribution is -2.43. The zero-order valence-electron chi connectivity index (χ0n) is 13.0. The Morgan fingerprint density at radius 1 is 1.29 bits per heavy atom. The number of nitrogens with one attached hydrogen (secondary N) is 1. The highest BCUT2D eigenvalue weighted by Crippen LogP contribution is 2.31. The number of likely N-dealkylation sites (tertiary alicyclic amines) is 1. The van der Waals surface area contributed by atoms with Crippen molar-refractivity contribution in [2.45, 2.75) is 31.5 Å². The van der Waals surface area contributed by atoms with E-state index in [4.69, 9.17) is 0 Å². The average Bonchev–Trinajstić information content (AvgIpc) is 2.54. The molecule has 1 aromatic carbocycles. The van der Waals surface area contributed by atoms with Crippen molar-refractivity contribution in [2.24, 2.45) is 5.92 Å². The standard InChI is InChI=1S/C16H20F4N2O2/c17-12-3-1-2-4-13(12)21-14(23)7-10-22-8-5-11(6-9-22)15(24)16(18,19)20/h1-4,11,15,24H,5-10H2,(H,21,23). The maximum absolute atomic E-state index is 13.4. The van der Waals surface area contributed by atoms with Crippen LogP contribution in [-0.2, 0) is 4.79 Å². The monoisotopic (exact) mass is 348 g/mol. The summed E-state index contributed by atoms with van der Waals surface area (Å²) in [6.07, 6.45) is -6.29. The van der Waals surface area contributed by atoms with Gasteiger partial charge in [0.1, 0.15) is 5.82 Å². The van der Waals surface area contributed by atoms with E-state index >= 15 is 0 Å². The van der Waals surface area contributed by atoms with Crippen molar-refractivity contribution in [1.82, 2.24) is 4.90 Å². The second kappa shape index (κ2) is 7.94. The van der Waals surface area contributed by atoms with E-state index in [0.717, 1.165) is 0 Å². The van der Waals surface area contributed by atoms with E-state index in [-0.39, 0.29) is 30.9 Å². The third-order valence-electron chi connectivity index (χ3n) is 4.22. The summed E-state index contributed by atoms with van der Waals surface area (Å²) in [6.45, 7) is 1.17. The molecule has 1 atom stereocenters. The molecule has 0 spiro atoms. The fraction of sp³-hybridized carbons (Fsp3) is 0.562. The molecular formula is C16H20F4N2O2. The molecule has 0 saturated carbocycles. The van der Waals surface area contributed by atoms with Crippen molar-refractivity contribution in [1.29, 1.82) is 0 Å². The Balaban J connectivity index is 1.73. The first-order valence-corrected chi connectivity index (χ1v) is 7.79. The van der Waals surface area contributed by atoms with Crippen LogP contribution in [-0.4, -0.2) is 47.8 Å². The molecule has 24 heavy (non-hydrogen) atoms. The Hall–Kier alpha value is -1.67. The maximum Gasteiger partial charge on any atom is 0.414 e. The minimum Gasteiger partial charge on any atom is -0.383 e. The molecular weight excluding hydrogens is 328 g/mol. The molecule has 1 heterocycles. The summed E-state index contributed by atoms with van der Waals surface area (Å²) in [6, 6.07) is 5.82. The van der Waals surface area contributed by atoms with Gasteiger partial charge in [-0.1, -0.05) is 12.1 Å². The molecule has 1 unspecified atom stereocenters. The molecule has 0 aromatic heterocycles. The summed E-state index contributed by atoms with van der Waals surface area (Å²) in [4.78, 5) is 13.7. The van der Waals surface area contributed by atoms with Crippen LogP contribution in [0.15, 0.2) is 24.3 Å². The van der Waals surface area contributed by atoms with Crippen molar-refractivity contribution in [3.8, 4) is 0 Å². The first-order valence-electron chi connectivity index (χ1n) is 7.79. The number of aliphatic hydroxyl groups excluding tert-OH is 1. The Labute approximate surface area is 137 Å². The molecule has 2 N–H and O–H groups in total. The first kappa shape index (κ1) is 18.7. The van der Waals surface area contributed by atoms with E-state index < -0.39 is 24.0 Å². The van der Waals surface area contributed by atoms with Gasteiger partial charge in [0, 0.05) is 13.0 Å². The van der Waals surface area contributed by atoms with E-state index in [1.807, 2.05) is 4.90 Å². The van der Waals surface area contributed by atoms with Gasteiger partial charge in [0.25, 0.3) is 0 Å². The van der Waals surface area contributed by atoms with Gasteiger partial charge in [-0.15, -0.1) is 0 Å². The number of halogens is 4. The molecule has 2 rings (SSSR count). The number of piperidine rings is 1. The zero-order chi connectivity index (χ0) is 17.7. The van der Waals surface area contributed by atoms with Crippen LogP contribution in [0.4, 0.5) is 23.2 Å². The van der Waals surface area contributed by atoms with Gasteiger partial charge >= 0.3 is 6.18 Å². The van der Waals surface area contributed by atoms with Crippen LogP contribution in [0.1, 0.15) is 19.3 Å². The third-order valence-corrected chi connectivity index (χ3v) is 4.22. The van der Waals surface area contributed by atoms with Crippen molar-refractivity contribution >= 4 is 11.6 Å². The van der Waals surface area contributed by atoms with Crippen LogP contribution in [0.5, 0.6) is 0 Å². The Bertz CT molecular complexity index is 557. The molecule has 0 aliphatic carbocycles. The predicted molar refractivity (Wildman–Crippen MR) is 80.9 cm³/mol. The number of hydrogen-bond acceptors (Lipinski definition) is 3. The Morgan fingerprint density at radius 3 is 2.50 bits per heavy atom. The summed E-state index contributed by atoms with van der Waals surface area (Å²) in [5, 5.41) is 11.7. The van der Waals surface area contributed by atoms with Gasteiger partial charge in [-0.2, -0.15) is 13.2 Å². The zero-order valence-corrected chi connectivity index (χ0v) is 13.0. The number of nitrogens with zero attached hydrogens (tertiary/aromatic N) is 1. The number of anilines is 1. The minimum atomic E-state index is -4.59. The van der Waals surface area contributed by atoms with Crippen LogP contribution in [0.3, 0.4) is 0 Å². The lowest BCUT2D eigenvalue weighted by molar-refractivity contribution is -0.223. The lowest BCUT2D eigenvalue weighted by Gasteiger charge is -2.34. The van der Waals surface area contributed by atoms with Crippen molar-refractivity contribution in [3.63, 3.8) is 0 Å². The van der Waals surface area contributed by atoms with Crippen molar-refractivity contribution in [3.05, 3.63) is 30.1 Å². The highest BCUT2D eigenvalue weighted by atomic mass is 19.4. The predicted octanol–water partition coefficient (Wildman–Crippen LogP) is 2.79. The van der Waals surface area contributed by atoms with E-state index in [9.17, 15) is 27.5 Å². The second-order valence-corrected chi connectivity index (χ2v) is 5.94. The van der Waals surface area contributed by atoms with Gasteiger partial charge in [0.05, 0.1) is 5.69 Å². The van der Waals surface area contributed by atoms with Gasteiger partial charge in [-0.3, -0.25) is 4.79 Å². The molecule has 1 aliphatic rings. The van der Waals surface area contributed by atoms with Gasteiger partial charge in [-0.05, 0) is 44.0 Å². The maximum atomic E-state index is 13.4. The number of amides is 1. The second-order valence-electron chi connectivity index (χ2n) is 5.94. The minimum absolute atomic E-state index is 0.106. The number of para-hydroxylation sites is 1. The summed E-state index contributed by atoms with van der Waals surface area (Å²) >= 11 is 0. The Morgan fingerprint density at radius 2 is 1.92 bits per heavy atom. The highest BCUT2D eigenvalue weighted by molar-refractivity contribution is 5.90. The fourth-order valence-corrected chi connectivity index (χ4v) is 2.79. The van der Waals surface area contributed by atoms with E-state index in [0.29, 0.717) is 19.6 Å². The molecule has 1 amide bonds. The van der Waals surface area contributed by atoms with E-state index in [1.165, 1.54) is 18.2 Å². The Kier molecular flexibility index (Phi) is 6.17. The summed E-state index contributed by atoms with van der Waals surface area (Å²) in [5.41, 5.74) is 0.106. The van der Waals surface area contributed by atoms with Crippen LogP contribution < -0.4 is 5.32 Å². The fourth-order valence-electron chi connectivity index (χ4n) is 2.79. The quantitative estimate of drug-likeness (QED) is 0.805. The topological polar surface area (TPSA) is 52.6 Å². The molecule has 134 valence electrons. The molecule has 1 aromatic rings. The summed E-state index contributed by atoms with van der Waals surface area (Å²) < 4.78 is 50.9. The molecule has 0 bridgehead atoms. The molecule has 1 saturated heterocycles. The number of carbonyl (C=O) groups is 1. The molecule has 0 radical (unpaired) electrons. The number of benzene rings is 1. The highest BCUT2D eigenvalue weighted by Gasteiger charge is 2.44. The van der Waals surface area contributed by atoms with Crippen LogP contribution in [0.25, 0.3) is 0 Å². The van der Waals surface area contributed by atoms with Gasteiger partial charge in [-0.25, -0.2) is 4.39 Å². The van der Waals surface area contributed by atoms with E-state index in [2.05, 4.69) is 5.32 Å². The first-order chi connectivity index (χ1) is 11.3. The van der Waals surface area contributed by atoms with Crippen LogP contribution in [0.2, 0.25) is 0 Å². The number of aliphatic hydroxyl groups is 1. The normalized spacial score (nSPS) is 18.4. The SMILES string of the molecule is O=C(CCN1CCC(C(O)C(F)(F)F)CC1)Nc1ccccc1F. The summed E-state index contributed by atoms with van der Waals surface area (Å²) in [7, 11) is 0. The molecule has 8 heteroatoms. The van der Waals surface area contributed by atoms with Gasteiger partial charge in [0.2, 0.25) is 5.91 Å². The third kappa shape index (κ3) is 5.17. The molecule has 4 nitrogen and oxygen atoms in total. The smallest absolute Gasteiger partial charge is 0.383 e. The van der Waals surface area contributed by atoms with Crippen LogP contribution >= 0.6 is 0 Å². The largest absolute Gasteiger partial charge is 0.414 e. The number of carbonyl (C=O) groups excluding carboxylic acids is 1. The summed E-state index contributed by atoms with van der Waals surface area (Å²) in [5.74, 6) is -1.67. The van der Waals surface area contributed by atoms with E-state index in [1.54, 1.807) is 6.07 Å². The number of alkyl halides is 3. The lowest BCUT2D eigenvalue weighted by atomic mass is 9.91. The van der Waals surface area contributed by atoms with Gasteiger partial charge < -0.3 is 15.3 Å². The number of rotatable bonds is 5. The van der Waals surface area contributed by atoms with Crippen molar-refractivity contribution in [2.75, 3.05) is 25.0 Å².